The van der Waals surface area contributed by atoms with E-state index in [0.29, 0.717) is 26.2 Å². The molecular formula is C19H20F3N3O2. The van der Waals surface area contributed by atoms with Crippen molar-refractivity contribution in [3.05, 3.63) is 59.4 Å². The summed E-state index contributed by atoms with van der Waals surface area (Å²) < 4.78 is 45.0. The lowest BCUT2D eigenvalue weighted by Crippen LogP contribution is -2.49. The first-order valence-electron chi connectivity index (χ1n) is 8.52. The number of urea groups is 1. The molecule has 2 aromatic carbocycles. The van der Waals surface area contributed by atoms with Crippen LogP contribution in [0.15, 0.2) is 36.4 Å². The molecule has 27 heavy (non-hydrogen) atoms. The fraction of sp³-hybridized carbons (Fsp3) is 0.316. The summed E-state index contributed by atoms with van der Waals surface area (Å²) in [7, 11) is 1.62. The van der Waals surface area contributed by atoms with E-state index in [1.807, 2.05) is 24.3 Å². The molecule has 1 N–H and O–H groups in total. The van der Waals surface area contributed by atoms with E-state index in [1.165, 1.54) is 4.90 Å². The summed E-state index contributed by atoms with van der Waals surface area (Å²) in [5, 5.41) is 2.30. The molecule has 2 aromatic rings. The third-order valence-electron chi connectivity index (χ3n) is 4.50. The number of nitrogens with zero attached hydrogens (tertiary/aromatic N) is 2. The number of carbonyl (C=O) groups is 1. The molecule has 0 aromatic heterocycles. The molecule has 0 atom stereocenters. The molecule has 0 saturated carbocycles. The summed E-state index contributed by atoms with van der Waals surface area (Å²) in [4.78, 5) is 16.0. The zero-order valence-electron chi connectivity index (χ0n) is 14.8. The minimum absolute atomic E-state index is 0.375. The highest BCUT2D eigenvalue weighted by molar-refractivity contribution is 5.89. The highest BCUT2D eigenvalue weighted by Crippen LogP contribution is 2.20. The molecule has 8 heteroatoms. The molecule has 3 rings (SSSR count). The summed E-state index contributed by atoms with van der Waals surface area (Å²) in [6.45, 7) is 2.96. The first-order chi connectivity index (χ1) is 13.0. The second kappa shape index (κ2) is 8.30. The van der Waals surface area contributed by atoms with Crippen LogP contribution in [0.5, 0.6) is 5.75 Å². The maximum Gasteiger partial charge on any atom is 0.322 e. The zero-order chi connectivity index (χ0) is 19.4. The Hall–Kier alpha value is -2.74. The molecule has 0 unspecified atom stereocenters. The normalized spacial score (nSPS) is 14.9. The number of halogens is 3. The van der Waals surface area contributed by atoms with Crippen LogP contribution in [0.3, 0.4) is 0 Å². The van der Waals surface area contributed by atoms with Crippen LogP contribution in [0, 0.1) is 17.5 Å². The molecule has 1 aliphatic rings. The molecule has 1 heterocycles. The van der Waals surface area contributed by atoms with Gasteiger partial charge in [-0.25, -0.2) is 18.0 Å². The number of hydrogen-bond donors (Lipinski definition) is 1. The maximum atomic E-state index is 13.7. The van der Waals surface area contributed by atoms with Crippen molar-refractivity contribution in [1.29, 1.82) is 0 Å². The van der Waals surface area contributed by atoms with Crippen molar-refractivity contribution < 1.29 is 22.7 Å². The Labute approximate surface area is 155 Å². The van der Waals surface area contributed by atoms with Gasteiger partial charge >= 0.3 is 6.03 Å². The van der Waals surface area contributed by atoms with Crippen LogP contribution in [0.25, 0.3) is 0 Å². The van der Waals surface area contributed by atoms with Crippen molar-refractivity contribution in [2.24, 2.45) is 0 Å². The Morgan fingerprint density at radius 1 is 1.00 bits per heavy atom. The lowest BCUT2D eigenvalue weighted by atomic mass is 10.2. The molecule has 1 fully saturated rings. The predicted molar refractivity (Wildman–Crippen MR) is 95.2 cm³/mol. The van der Waals surface area contributed by atoms with Crippen molar-refractivity contribution >= 4 is 11.7 Å². The summed E-state index contributed by atoms with van der Waals surface area (Å²) in [5.74, 6) is -3.50. The number of benzene rings is 2. The highest BCUT2D eigenvalue weighted by atomic mass is 19.2. The molecule has 0 radical (unpaired) electrons. The molecule has 1 saturated heterocycles. The molecule has 0 spiro atoms. The average molecular weight is 379 g/mol. The van der Waals surface area contributed by atoms with Crippen LogP contribution in [0.2, 0.25) is 0 Å². The lowest BCUT2D eigenvalue weighted by molar-refractivity contribution is 0.143. The second-order valence-electron chi connectivity index (χ2n) is 6.26. The number of methoxy groups -OCH3 is 1. The van der Waals surface area contributed by atoms with Gasteiger partial charge in [-0.1, -0.05) is 12.1 Å². The van der Waals surface area contributed by atoms with E-state index >= 15 is 0 Å². The molecule has 2 amide bonds. The summed E-state index contributed by atoms with van der Waals surface area (Å²) in [6, 6.07) is 9.02. The molecule has 5 nitrogen and oxygen atoms in total. The van der Waals surface area contributed by atoms with Crippen LogP contribution in [0.1, 0.15) is 5.56 Å². The lowest BCUT2D eigenvalue weighted by Gasteiger charge is -2.34. The van der Waals surface area contributed by atoms with Crippen molar-refractivity contribution in [3.8, 4) is 5.75 Å². The number of anilines is 1. The molecule has 1 aliphatic heterocycles. The Bertz CT molecular complexity index is 807. The van der Waals surface area contributed by atoms with Gasteiger partial charge in [0.15, 0.2) is 17.5 Å². The fourth-order valence-corrected chi connectivity index (χ4v) is 2.91. The predicted octanol–water partition coefficient (Wildman–Crippen LogP) is 3.46. The number of rotatable bonds is 4. The van der Waals surface area contributed by atoms with E-state index in [9.17, 15) is 18.0 Å². The van der Waals surface area contributed by atoms with Gasteiger partial charge in [0.1, 0.15) is 5.75 Å². The van der Waals surface area contributed by atoms with Crippen LogP contribution < -0.4 is 10.1 Å². The van der Waals surface area contributed by atoms with Gasteiger partial charge in [0.25, 0.3) is 0 Å². The van der Waals surface area contributed by atoms with Gasteiger partial charge in [0.05, 0.1) is 12.8 Å². The average Bonchev–Trinajstić information content (AvgIpc) is 2.69. The number of piperazine rings is 1. The first kappa shape index (κ1) is 19.0. The van der Waals surface area contributed by atoms with E-state index in [4.69, 9.17) is 4.74 Å². The minimum Gasteiger partial charge on any atom is -0.497 e. The number of carbonyl (C=O) groups excluding carboxylic acids is 1. The van der Waals surface area contributed by atoms with Gasteiger partial charge < -0.3 is 15.0 Å². The number of ether oxygens (including phenoxy) is 1. The van der Waals surface area contributed by atoms with Gasteiger partial charge in [-0.15, -0.1) is 0 Å². The van der Waals surface area contributed by atoms with Gasteiger partial charge in [-0.3, -0.25) is 4.90 Å². The van der Waals surface area contributed by atoms with Crippen LogP contribution >= 0.6 is 0 Å². The zero-order valence-corrected chi connectivity index (χ0v) is 14.8. The monoisotopic (exact) mass is 379 g/mol. The summed E-state index contributed by atoms with van der Waals surface area (Å²) in [6.07, 6.45) is 0. The smallest absolute Gasteiger partial charge is 0.322 e. The fourth-order valence-electron chi connectivity index (χ4n) is 2.91. The van der Waals surface area contributed by atoms with E-state index in [0.717, 1.165) is 30.0 Å². The summed E-state index contributed by atoms with van der Waals surface area (Å²) >= 11 is 0. The van der Waals surface area contributed by atoms with E-state index in [2.05, 4.69) is 10.2 Å². The topological polar surface area (TPSA) is 44.8 Å². The molecule has 144 valence electrons. The SMILES string of the molecule is COc1ccc(CN2CCN(C(=O)Nc3ccc(F)c(F)c3F)CC2)cc1. The van der Waals surface area contributed by atoms with Crippen LogP contribution in [0.4, 0.5) is 23.7 Å². The minimum atomic E-state index is -1.60. The quantitative estimate of drug-likeness (QED) is 0.828. The van der Waals surface area contributed by atoms with E-state index in [-0.39, 0.29) is 5.69 Å². The Morgan fingerprint density at radius 3 is 2.30 bits per heavy atom. The van der Waals surface area contributed by atoms with Crippen molar-refractivity contribution in [3.63, 3.8) is 0 Å². The van der Waals surface area contributed by atoms with Crippen LogP contribution in [-0.2, 0) is 6.54 Å². The number of hydrogen-bond acceptors (Lipinski definition) is 3. The van der Waals surface area contributed by atoms with Crippen molar-refractivity contribution in [1.82, 2.24) is 9.80 Å². The summed E-state index contributed by atoms with van der Waals surface area (Å²) in [5.41, 5.74) is 0.761. The molecule has 0 bridgehead atoms. The number of nitrogens with one attached hydrogen (secondary N) is 1. The van der Waals surface area contributed by atoms with Crippen molar-refractivity contribution in [2.45, 2.75) is 6.54 Å². The van der Waals surface area contributed by atoms with Crippen LogP contribution in [-0.4, -0.2) is 49.1 Å². The number of amides is 2. The third-order valence-corrected chi connectivity index (χ3v) is 4.50. The largest absolute Gasteiger partial charge is 0.497 e. The third kappa shape index (κ3) is 4.51. The highest BCUT2D eigenvalue weighted by Gasteiger charge is 2.23. The van der Waals surface area contributed by atoms with Gasteiger partial charge in [0.2, 0.25) is 0 Å². The van der Waals surface area contributed by atoms with Crippen molar-refractivity contribution in [2.75, 3.05) is 38.6 Å². The molecule has 0 aliphatic carbocycles. The Kier molecular flexibility index (Phi) is 5.85. The van der Waals surface area contributed by atoms with Gasteiger partial charge in [0, 0.05) is 32.7 Å². The van der Waals surface area contributed by atoms with Gasteiger partial charge in [-0.05, 0) is 29.8 Å². The molecular weight excluding hydrogens is 359 g/mol. The van der Waals surface area contributed by atoms with E-state index in [1.54, 1.807) is 7.11 Å². The Morgan fingerprint density at radius 2 is 1.67 bits per heavy atom. The first-order valence-corrected chi connectivity index (χ1v) is 8.52. The Balaban J connectivity index is 1.52. The maximum absolute atomic E-state index is 13.7. The van der Waals surface area contributed by atoms with E-state index < -0.39 is 23.5 Å². The standard InChI is InChI=1S/C19H20F3N3O2/c1-27-14-4-2-13(3-5-14)12-24-8-10-25(11-9-24)19(26)23-16-7-6-15(20)17(21)18(16)22/h2-7H,8-12H2,1H3,(H,23,26). The second-order valence-corrected chi connectivity index (χ2v) is 6.26. The van der Waals surface area contributed by atoms with Gasteiger partial charge in [-0.2, -0.15) is 0 Å².